The van der Waals surface area contributed by atoms with Crippen LogP contribution < -0.4 is 10.6 Å². The molecule has 0 aliphatic heterocycles. The van der Waals surface area contributed by atoms with Gasteiger partial charge in [-0.25, -0.2) is 9.97 Å². The van der Waals surface area contributed by atoms with Crippen LogP contribution in [0.3, 0.4) is 0 Å². The molecule has 2 aromatic carbocycles. The summed E-state index contributed by atoms with van der Waals surface area (Å²) in [4.78, 5) is 8.73. The molecule has 0 spiro atoms. The van der Waals surface area contributed by atoms with E-state index in [0.29, 0.717) is 38.8 Å². The number of benzene rings is 2. The molecule has 0 amide bonds. The van der Waals surface area contributed by atoms with Crippen molar-refractivity contribution in [2.45, 2.75) is 6.92 Å². The highest BCUT2D eigenvalue weighted by molar-refractivity contribution is 6.43. The van der Waals surface area contributed by atoms with E-state index in [4.69, 9.17) is 28.5 Å². The largest absolute Gasteiger partial charge is 0.340 e. The number of nitriles is 1. The minimum atomic E-state index is 0.432. The van der Waals surface area contributed by atoms with Gasteiger partial charge < -0.3 is 10.6 Å². The average Bonchev–Trinajstić information content (AvgIpc) is 2.59. The standard InChI is InChI=1S/C18H13Cl2N5/c1-11-22-16(24-13-7-5-12(10-21)6-8-13)9-17(23-11)25-15-4-2-3-14(19)18(15)20/h2-9H,1H3,(H2,22,23,24,25). The van der Waals surface area contributed by atoms with Gasteiger partial charge in [0.1, 0.15) is 17.5 Å². The minimum absolute atomic E-state index is 0.432. The van der Waals surface area contributed by atoms with Crippen molar-refractivity contribution in [1.82, 2.24) is 9.97 Å². The lowest BCUT2D eigenvalue weighted by molar-refractivity contribution is 1.06. The monoisotopic (exact) mass is 369 g/mol. The second kappa shape index (κ2) is 7.39. The van der Waals surface area contributed by atoms with Crippen LogP contribution in [0.5, 0.6) is 0 Å². The fourth-order valence-corrected chi connectivity index (χ4v) is 2.56. The lowest BCUT2D eigenvalue weighted by Crippen LogP contribution is -2.01. The first-order valence-corrected chi connectivity index (χ1v) is 8.14. The Balaban J connectivity index is 1.85. The Hall–Kier alpha value is -2.81. The van der Waals surface area contributed by atoms with E-state index in [1.165, 1.54) is 0 Å². The van der Waals surface area contributed by atoms with Gasteiger partial charge in [0, 0.05) is 11.8 Å². The maximum absolute atomic E-state index is 8.85. The second-order valence-electron chi connectivity index (χ2n) is 5.23. The molecule has 124 valence electrons. The number of halogens is 2. The van der Waals surface area contributed by atoms with Gasteiger partial charge in [0.15, 0.2) is 0 Å². The molecule has 2 N–H and O–H groups in total. The molecule has 0 saturated heterocycles. The molecule has 0 fully saturated rings. The Morgan fingerprint density at radius 1 is 0.960 bits per heavy atom. The lowest BCUT2D eigenvalue weighted by Gasteiger charge is -2.11. The first-order chi connectivity index (χ1) is 12.0. The Bertz CT molecular complexity index is 949. The van der Waals surface area contributed by atoms with Gasteiger partial charge in [-0.1, -0.05) is 29.3 Å². The summed E-state index contributed by atoms with van der Waals surface area (Å²) >= 11 is 12.2. The molecular weight excluding hydrogens is 357 g/mol. The Labute approximate surface area is 155 Å². The van der Waals surface area contributed by atoms with Crippen LogP contribution in [0.1, 0.15) is 11.4 Å². The van der Waals surface area contributed by atoms with E-state index in [1.807, 2.05) is 18.2 Å². The number of nitrogens with zero attached hydrogens (tertiary/aromatic N) is 3. The van der Waals surface area contributed by atoms with Crippen molar-refractivity contribution in [2.75, 3.05) is 10.6 Å². The van der Waals surface area contributed by atoms with Crippen molar-refractivity contribution in [2.24, 2.45) is 0 Å². The van der Waals surface area contributed by atoms with Crippen LogP contribution in [-0.2, 0) is 0 Å². The van der Waals surface area contributed by atoms with Gasteiger partial charge in [0.2, 0.25) is 0 Å². The Kier molecular flexibility index (Phi) is 5.03. The predicted octanol–water partition coefficient (Wildman–Crippen LogP) is 5.45. The van der Waals surface area contributed by atoms with Crippen LogP contribution in [-0.4, -0.2) is 9.97 Å². The number of hydrogen-bond donors (Lipinski definition) is 2. The predicted molar refractivity (Wildman–Crippen MR) is 101 cm³/mol. The molecular formula is C18H13Cl2N5. The number of anilines is 4. The molecule has 0 unspecified atom stereocenters. The van der Waals surface area contributed by atoms with Gasteiger partial charge in [0.25, 0.3) is 0 Å². The van der Waals surface area contributed by atoms with Crippen LogP contribution in [0, 0.1) is 18.3 Å². The highest BCUT2D eigenvalue weighted by Gasteiger charge is 2.07. The number of aryl methyl sites for hydroxylation is 1. The van der Waals surface area contributed by atoms with Crippen molar-refractivity contribution in [3.63, 3.8) is 0 Å². The smallest absolute Gasteiger partial charge is 0.136 e. The van der Waals surface area contributed by atoms with E-state index < -0.39 is 0 Å². The van der Waals surface area contributed by atoms with E-state index >= 15 is 0 Å². The van der Waals surface area contributed by atoms with Crippen molar-refractivity contribution in [3.05, 3.63) is 70.0 Å². The highest BCUT2D eigenvalue weighted by atomic mass is 35.5. The number of nitrogens with one attached hydrogen (secondary N) is 2. The third-order valence-corrected chi connectivity index (χ3v) is 4.16. The van der Waals surface area contributed by atoms with E-state index in [1.54, 1.807) is 37.3 Å². The zero-order chi connectivity index (χ0) is 17.8. The van der Waals surface area contributed by atoms with E-state index in [-0.39, 0.29) is 0 Å². The van der Waals surface area contributed by atoms with Gasteiger partial charge in [-0.05, 0) is 43.3 Å². The molecule has 1 aromatic heterocycles. The zero-order valence-corrected chi connectivity index (χ0v) is 14.7. The van der Waals surface area contributed by atoms with Crippen molar-refractivity contribution >= 4 is 46.2 Å². The highest BCUT2D eigenvalue weighted by Crippen LogP contribution is 2.31. The zero-order valence-electron chi connectivity index (χ0n) is 13.2. The molecule has 3 aromatic rings. The molecule has 0 radical (unpaired) electrons. The second-order valence-corrected chi connectivity index (χ2v) is 6.01. The molecule has 5 nitrogen and oxygen atoms in total. The van der Waals surface area contributed by atoms with Crippen LogP contribution in [0.15, 0.2) is 48.5 Å². The first-order valence-electron chi connectivity index (χ1n) is 7.39. The van der Waals surface area contributed by atoms with Crippen molar-refractivity contribution in [3.8, 4) is 6.07 Å². The van der Waals surface area contributed by atoms with Gasteiger partial charge in [-0.3, -0.25) is 0 Å². The molecule has 1 heterocycles. The summed E-state index contributed by atoms with van der Waals surface area (Å²) in [6.07, 6.45) is 0. The van der Waals surface area contributed by atoms with Crippen molar-refractivity contribution < 1.29 is 0 Å². The summed E-state index contributed by atoms with van der Waals surface area (Å²) < 4.78 is 0. The Morgan fingerprint density at radius 2 is 1.64 bits per heavy atom. The number of rotatable bonds is 4. The molecule has 3 rings (SSSR count). The molecule has 0 bridgehead atoms. The third kappa shape index (κ3) is 4.18. The number of aromatic nitrogens is 2. The van der Waals surface area contributed by atoms with Crippen LogP contribution >= 0.6 is 23.2 Å². The summed E-state index contributed by atoms with van der Waals surface area (Å²) in [5, 5.41) is 16.1. The Morgan fingerprint density at radius 3 is 2.32 bits per heavy atom. The minimum Gasteiger partial charge on any atom is -0.340 e. The van der Waals surface area contributed by atoms with E-state index in [2.05, 4.69) is 26.7 Å². The maximum Gasteiger partial charge on any atom is 0.136 e. The maximum atomic E-state index is 8.85. The van der Waals surface area contributed by atoms with Crippen LogP contribution in [0.25, 0.3) is 0 Å². The molecule has 25 heavy (non-hydrogen) atoms. The molecule has 0 atom stereocenters. The van der Waals surface area contributed by atoms with E-state index in [0.717, 1.165) is 5.69 Å². The fourth-order valence-electron chi connectivity index (χ4n) is 2.21. The molecule has 0 saturated carbocycles. The fraction of sp³-hybridized carbons (Fsp3) is 0.0556. The molecule has 0 aliphatic rings. The van der Waals surface area contributed by atoms with Gasteiger partial charge in [-0.15, -0.1) is 0 Å². The van der Waals surface area contributed by atoms with Crippen LogP contribution in [0.4, 0.5) is 23.0 Å². The summed E-state index contributed by atoms with van der Waals surface area (Å²) in [6.45, 7) is 1.80. The number of hydrogen-bond acceptors (Lipinski definition) is 5. The first kappa shape index (κ1) is 17.0. The quantitative estimate of drug-likeness (QED) is 0.639. The summed E-state index contributed by atoms with van der Waals surface area (Å²) in [7, 11) is 0. The SMILES string of the molecule is Cc1nc(Nc2ccc(C#N)cc2)cc(Nc2cccc(Cl)c2Cl)n1. The normalized spacial score (nSPS) is 10.2. The van der Waals surface area contributed by atoms with Crippen LogP contribution in [0.2, 0.25) is 10.0 Å². The van der Waals surface area contributed by atoms with Gasteiger partial charge in [-0.2, -0.15) is 5.26 Å². The summed E-state index contributed by atoms with van der Waals surface area (Å²) in [6, 6.07) is 16.3. The lowest BCUT2D eigenvalue weighted by atomic mass is 10.2. The molecule has 7 heteroatoms. The topological polar surface area (TPSA) is 73.6 Å². The van der Waals surface area contributed by atoms with Gasteiger partial charge in [0.05, 0.1) is 27.4 Å². The van der Waals surface area contributed by atoms with Gasteiger partial charge >= 0.3 is 0 Å². The van der Waals surface area contributed by atoms with E-state index in [9.17, 15) is 0 Å². The summed E-state index contributed by atoms with van der Waals surface area (Å²) in [5.74, 6) is 1.81. The molecule has 0 aliphatic carbocycles. The third-order valence-electron chi connectivity index (χ3n) is 3.34. The average molecular weight is 370 g/mol. The van der Waals surface area contributed by atoms with Crippen molar-refractivity contribution in [1.29, 1.82) is 5.26 Å². The summed E-state index contributed by atoms with van der Waals surface area (Å²) in [5.41, 5.74) is 2.09.